The molecule has 1 aliphatic rings. The third-order valence-corrected chi connectivity index (χ3v) is 5.08. The monoisotopic (exact) mass is 299 g/mol. The van der Waals surface area contributed by atoms with Gasteiger partial charge in [0.05, 0.1) is 10.0 Å². The van der Waals surface area contributed by atoms with Crippen LogP contribution < -0.4 is 5.32 Å². The molecule has 1 aromatic carbocycles. The number of hydrogen-bond acceptors (Lipinski definition) is 1. The first-order chi connectivity index (χ1) is 9.11. The van der Waals surface area contributed by atoms with Crippen LogP contribution in [0.3, 0.4) is 0 Å². The Bertz CT molecular complexity index is 419. The molecule has 2 rings (SSSR count). The van der Waals surface area contributed by atoms with E-state index in [9.17, 15) is 0 Å². The third-order valence-electron chi connectivity index (χ3n) is 4.34. The van der Waals surface area contributed by atoms with E-state index in [1.165, 1.54) is 37.7 Å². The van der Waals surface area contributed by atoms with Crippen LogP contribution in [0.4, 0.5) is 0 Å². The molecule has 1 fully saturated rings. The summed E-state index contributed by atoms with van der Waals surface area (Å²) in [6.45, 7) is 4.51. The largest absolute Gasteiger partial charge is 0.307 e. The first kappa shape index (κ1) is 15.2. The fourth-order valence-corrected chi connectivity index (χ4v) is 3.42. The zero-order chi connectivity index (χ0) is 13.8. The van der Waals surface area contributed by atoms with E-state index < -0.39 is 0 Å². The van der Waals surface area contributed by atoms with Gasteiger partial charge in [-0.05, 0) is 43.4 Å². The molecule has 0 saturated heterocycles. The summed E-state index contributed by atoms with van der Waals surface area (Å²) in [7, 11) is 0. The summed E-state index contributed by atoms with van der Waals surface area (Å²) < 4.78 is 0. The average Bonchev–Trinajstić information content (AvgIpc) is 2.42. The molecule has 3 atom stereocenters. The summed E-state index contributed by atoms with van der Waals surface area (Å²) in [6.07, 6.45) is 6.66. The van der Waals surface area contributed by atoms with Crippen molar-refractivity contribution < 1.29 is 0 Å². The molecular formula is C16H23Cl2N. The van der Waals surface area contributed by atoms with Gasteiger partial charge < -0.3 is 5.32 Å². The van der Waals surface area contributed by atoms with E-state index in [0.717, 1.165) is 5.92 Å². The van der Waals surface area contributed by atoms with E-state index in [0.29, 0.717) is 22.1 Å². The molecule has 0 radical (unpaired) electrons. The Hall–Kier alpha value is -0.240. The maximum atomic E-state index is 6.10. The quantitative estimate of drug-likeness (QED) is 0.761. The maximum Gasteiger partial charge on any atom is 0.0595 e. The highest BCUT2D eigenvalue weighted by atomic mass is 35.5. The lowest BCUT2D eigenvalue weighted by Gasteiger charge is -2.34. The van der Waals surface area contributed by atoms with Crippen LogP contribution in [0.25, 0.3) is 0 Å². The van der Waals surface area contributed by atoms with Crippen LogP contribution in [-0.4, -0.2) is 6.04 Å². The first-order valence-electron chi connectivity index (χ1n) is 7.32. The molecule has 1 aromatic rings. The second-order valence-electron chi connectivity index (χ2n) is 5.62. The highest BCUT2D eigenvalue weighted by Crippen LogP contribution is 2.30. The minimum atomic E-state index is 0.326. The minimum Gasteiger partial charge on any atom is -0.307 e. The van der Waals surface area contributed by atoms with E-state index in [1.807, 2.05) is 12.1 Å². The molecular weight excluding hydrogens is 277 g/mol. The van der Waals surface area contributed by atoms with Crippen molar-refractivity contribution in [2.75, 3.05) is 0 Å². The molecule has 3 heteroatoms. The van der Waals surface area contributed by atoms with E-state index in [-0.39, 0.29) is 0 Å². The Morgan fingerprint density at radius 3 is 2.63 bits per heavy atom. The Labute approximate surface area is 126 Å². The van der Waals surface area contributed by atoms with Crippen LogP contribution >= 0.6 is 23.2 Å². The third kappa shape index (κ3) is 3.87. The zero-order valence-corrected chi connectivity index (χ0v) is 13.3. The molecule has 1 saturated carbocycles. The van der Waals surface area contributed by atoms with E-state index >= 15 is 0 Å². The van der Waals surface area contributed by atoms with Crippen LogP contribution in [0.1, 0.15) is 57.6 Å². The van der Waals surface area contributed by atoms with Gasteiger partial charge in [0.1, 0.15) is 0 Å². The molecule has 106 valence electrons. The molecule has 0 aliphatic heterocycles. The molecule has 1 aliphatic carbocycles. The fraction of sp³-hybridized carbons (Fsp3) is 0.625. The molecule has 0 bridgehead atoms. The Kier molecular flexibility index (Phi) is 5.56. The van der Waals surface area contributed by atoms with Gasteiger partial charge in [-0.2, -0.15) is 0 Å². The molecule has 19 heavy (non-hydrogen) atoms. The van der Waals surface area contributed by atoms with Gasteiger partial charge in [0, 0.05) is 12.1 Å². The predicted molar refractivity (Wildman–Crippen MR) is 84.0 cm³/mol. The summed E-state index contributed by atoms with van der Waals surface area (Å²) in [5.41, 5.74) is 1.22. The number of halogens is 2. The molecule has 0 amide bonds. The molecule has 0 aromatic heterocycles. The van der Waals surface area contributed by atoms with Crippen molar-refractivity contribution in [3.05, 3.63) is 33.8 Å². The van der Waals surface area contributed by atoms with Crippen LogP contribution in [0.15, 0.2) is 18.2 Å². The summed E-state index contributed by atoms with van der Waals surface area (Å²) in [4.78, 5) is 0. The maximum absolute atomic E-state index is 6.10. The van der Waals surface area contributed by atoms with Crippen LogP contribution in [-0.2, 0) is 0 Å². The number of nitrogens with one attached hydrogen (secondary N) is 1. The molecule has 3 unspecified atom stereocenters. The van der Waals surface area contributed by atoms with Gasteiger partial charge in [0.25, 0.3) is 0 Å². The highest BCUT2D eigenvalue weighted by Gasteiger charge is 2.24. The summed E-state index contributed by atoms with van der Waals surface area (Å²) >= 11 is 12.1. The van der Waals surface area contributed by atoms with Crippen molar-refractivity contribution in [1.29, 1.82) is 0 Å². The van der Waals surface area contributed by atoms with Gasteiger partial charge >= 0.3 is 0 Å². The standard InChI is InChI=1S/C16H23Cl2N/c1-3-12-6-4-5-7-16(12)19-11(2)13-8-9-14(17)15(18)10-13/h8-12,16,19H,3-7H2,1-2H3. The Balaban J connectivity index is 2.02. The van der Waals surface area contributed by atoms with E-state index in [4.69, 9.17) is 23.2 Å². The smallest absolute Gasteiger partial charge is 0.0595 e. The van der Waals surface area contributed by atoms with Crippen molar-refractivity contribution in [2.45, 2.75) is 58.0 Å². The fourth-order valence-electron chi connectivity index (χ4n) is 3.11. The lowest BCUT2D eigenvalue weighted by molar-refractivity contribution is 0.240. The van der Waals surface area contributed by atoms with Crippen molar-refractivity contribution in [3.8, 4) is 0 Å². The SMILES string of the molecule is CCC1CCCCC1NC(C)c1ccc(Cl)c(Cl)c1. The van der Waals surface area contributed by atoms with Crippen molar-refractivity contribution in [3.63, 3.8) is 0 Å². The van der Waals surface area contributed by atoms with Gasteiger partial charge in [-0.1, -0.05) is 55.5 Å². The average molecular weight is 300 g/mol. The molecule has 1 nitrogen and oxygen atoms in total. The predicted octanol–water partition coefficient (Wildman–Crippen LogP) is 5.61. The van der Waals surface area contributed by atoms with E-state index in [2.05, 4.69) is 25.2 Å². The van der Waals surface area contributed by atoms with Gasteiger partial charge in [0.15, 0.2) is 0 Å². The number of benzene rings is 1. The lowest BCUT2D eigenvalue weighted by atomic mass is 9.82. The Morgan fingerprint density at radius 2 is 1.95 bits per heavy atom. The van der Waals surface area contributed by atoms with Crippen molar-refractivity contribution in [1.82, 2.24) is 5.32 Å². The summed E-state index contributed by atoms with van der Waals surface area (Å²) in [6, 6.07) is 6.89. The van der Waals surface area contributed by atoms with Crippen LogP contribution in [0.5, 0.6) is 0 Å². The van der Waals surface area contributed by atoms with Gasteiger partial charge in [0.2, 0.25) is 0 Å². The summed E-state index contributed by atoms with van der Waals surface area (Å²) in [5.74, 6) is 0.818. The Morgan fingerprint density at radius 1 is 1.21 bits per heavy atom. The van der Waals surface area contributed by atoms with Gasteiger partial charge in [-0.15, -0.1) is 0 Å². The van der Waals surface area contributed by atoms with Crippen molar-refractivity contribution in [2.24, 2.45) is 5.92 Å². The molecule has 1 N–H and O–H groups in total. The normalized spacial score (nSPS) is 25.3. The summed E-state index contributed by atoms with van der Waals surface area (Å²) in [5, 5.41) is 5.05. The van der Waals surface area contributed by atoms with Crippen LogP contribution in [0, 0.1) is 5.92 Å². The second kappa shape index (κ2) is 6.97. The zero-order valence-electron chi connectivity index (χ0n) is 11.8. The highest BCUT2D eigenvalue weighted by molar-refractivity contribution is 6.42. The first-order valence-corrected chi connectivity index (χ1v) is 8.08. The topological polar surface area (TPSA) is 12.0 Å². The minimum absolute atomic E-state index is 0.326. The second-order valence-corrected chi connectivity index (χ2v) is 6.44. The van der Waals surface area contributed by atoms with E-state index in [1.54, 1.807) is 0 Å². The van der Waals surface area contributed by atoms with Crippen molar-refractivity contribution >= 4 is 23.2 Å². The molecule has 0 spiro atoms. The van der Waals surface area contributed by atoms with Gasteiger partial charge in [-0.25, -0.2) is 0 Å². The number of rotatable bonds is 4. The number of hydrogen-bond donors (Lipinski definition) is 1. The molecule has 0 heterocycles. The lowest BCUT2D eigenvalue weighted by Crippen LogP contribution is -2.39. The van der Waals surface area contributed by atoms with Gasteiger partial charge in [-0.3, -0.25) is 0 Å². The van der Waals surface area contributed by atoms with Crippen LogP contribution in [0.2, 0.25) is 10.0 Å².